The van der Waals surface area contributed by atoms with Gasteiger partial charge in [0.25, 0.3) is 0 Å². The first-order valence-electron chi connectivity index (χ1n) is 12.9. The van der Waals surface area contributed by atoms with Gasteiger partial charge in [-0.15, -0.1) is 0 Å². The lowest BCUT2D eigenvalue weighted by molar-refractivity contribution is -0.149. The molecule has 0 aromatic carbocycles. The predicted octanol–water partition coefficient (Wildman–Crippen LogP) is 8.17. The fraction of sp³-hybridized carbons (Fsp3) is 0.963. The van der Waals surface area contributed by atoms with E-state index in [4.69, 9.17) is 4.74 Å². The van der Waals surface area contributed by atoms with E-state index in [9.17, 15) is 4.79 Å². The van der Waals surface area contributed by atoms with Crippen LogP contribution in [-0.2, 0) is 9.53 Å². The van der Waals surface area contributed by atoms with Crippen LogP contribution in [0.25, 0.3) is 0 Å². The van der Waals surface area contributed by atoms with Crippen molar-refractivity contribution in [3.8, 4) is 0 Å². The summed E-state index contributed by atoms with van der Waals surface area (Å²) >= 11 is 3.22. The first-order valence-corrected chi connectivity index (χ1v) is 14.1. The van der Waals surface area contributed by atoms with Crippen molar-refractivity contribution in [2.24, 2.45) is 40.4 Å². The van der Waals surface area contributed by atoms with E-state index in [2.05, 4.69) is 50.5 Å². The predicted molar refractivity (Wildman–Crippen MR) is 130 cm³/mol. The van der Waals surface area contributed by atoms with Crippen molar-refractivity contribution in [2.45, 2.75) is 118 Å². The average Bonchev–Trinajstić information content (AvgIpc) is 3.05. The molecule has 0 aliphatic heterocycles. The van der Waals surface area contributed by atoms with Crippen molar-refractivity contribution in [1.29, 1.82) is 0 Å². The number of hydrogen-bond donors (Lipinski definition) is 0. The van der Waals surface area contributed by atoms with Gasteiger partial charge in [-0.1, -0.05) is 69.8 Å². The highest BCUT2D eigenvalue weighted by atomic mass is 79.9. The number of ether oxygens (including phenoxy) is 1. The van der Waals surface area contributed by atoms with Crippen LogP contribution in [0.5, 0.6) is 0 Å². The Morgan fingerprint density at radius 1 is 0.967 bits per heavy atom. The van der Waals surface area contributed by atoms with Crippen LogP contribution in [0.4, 0.5) is 0 Å². The number of esters is 1. The number of carbonyl (C=O) groups excluding carboxylic acids is 1. The van der Waals surface area contributed by atoms with Crippen LogP contribution in [0.2, 0.25) is 0 Å². The number of alkyl halides is 1. The SMILES string of the molecule is CC(C)CCC[C@@H](C)C1CC[C@H]2C[C@@H]([C@]3(C)CC[C@@H](OC(=O)CBr)CC3)CC[C@]12C. The van der Waals surface area contributed by atoms with Gasteiger partial charge in [0.15, 0.2) is 0 Å². The molecule has 174 valence electrons. The zero-order valence-corrected chi connectivity index (χ0v) is 21.9. The standard InChI is InChI=1S/C27H47BrO2/c1-19(2)7-6-8-20(3)24-10-9-22-17-21(11-16-27(22,24)5)26(4)14-12-23(13-15-26)30-25(29)18-28/h19-24H,6-18H2,1-5H3/t20-,21+,22+,23-,24?,26-,27+/m1/s1. The average molecular weight is 484 g/mol. The second kappa shape index (κ2) is 10.3. The fourth-order valence-electron chi connectivity index (χ4n) is 7.68. The molecule has 0 aromatic rings. The summed E-state index contributed by atoms with van der Waals surface area (Å²) in [6.45, 7) is 12.5. The van der Waals surface area contributed by atoms with Gasteiger partial charge in [0.2, 0.25) is 0 Å². The Kier molecular flexibility index (Phi) is 8.41. The van der Waals surface area contributed by atoms with Crippen molar-refractivity contribution >= 4 is 21.9 Å². The van der Waals surface area contributed by atoms with Crippen LogP contribution < -0.4 is 0 Å². The highest BCUT2D eigenvalue weighted by Gasteiger charge is 2.53. The highest BCUT2D eigenvalue weighted by molar-refractivity contribution is 9.09. The molecule has 0 amide bonds. The van der Waals surface area contributed by atoms with Crippen molar-refractivity contribution < 1.29 is 9.53 Å². The molecule has 30 heavy (non-hydrogen) atoms. The normalized spacial score (nSPS) is 40.2. The molecule has 3 rings (SSSR count). The third-order valence-electron chi connectivity index (χ3n) is 9.80. The molecule has 5 atom stereocenters. The summed E-state index contributed by atoms with van der Waals surface area (Å²) in [4.78, 5) is 11.6. The minimum atomic E-state index is -0.100. The van der Waals surface area contributed by atoms with Gasteiger partial charge in [-0.2, -0.15) is 0 Å². The quantitative estimate of drug-likeness (QED) is 0.257. The van der Waals surface area contributed by atoms with Gasteiger partial charge in [0.1, 0.15) is 11.4 Å². The van der Waals surface area contributed by atoms with E-state index in [0.717, 1.165) is 42.4 Å². The monoisotopic (exact) mass is 482 g/mol. The Bertz CT molecular complexity index is 565. The van der Waals surface area contributed by atoms with Crippen LogP contribution in [0.3, 0.4) is 0 Å². The zero-order valence-electron chi connectivity index (χ0n) is 20.4. The lowest BCUT2D eigenvalue weighted by Gasteiger charge is -2.51. The summed E-state index contributed by atoms with van der Waals surface area (Å²) in [6.07, 6.45) is 16.2. The molecule has 0 spiro atoms. The minimum absolute atomic E-state index is 0.100. The van der Waals surface area contributed by atoms with Crippen LogP contribution in [0, 0.1) is 40.4 Å². The summed E-state index contributed by atoms with van der Waals surface area (Å²) < 4.78 is 5.61. The van der Waals surface area contributed by atoms with Crippen molar-refractivity contribution in [1.82, 2.24) is 0 Å². The number of carbonyl (C=O) groups is 1. The van der Waals surface area contributed by atoms with E-state index in [-0.39, 0.29) is 12.1 Å². The molecule has 3 aliphatic carbocycles. The van der Waals surface area contributed by atoms with Crippen molar-refractivity contribution in [3.05, 3.63) is 0 Å². The Labute approximate surface area is 194 Å². The molecule has 0 saturated heterocycles. The second-order valence-corrected chi connectivity index (χ2v) is 12.7. The highest BCUT2D eigenvalue weighted by Crippen LogP contribution is 2.62. The minimum Gasteiger partial charge on any atom is -0.462 e. The van der Waals surface area contributed by atoms with E-state index >= 15 is 0 Å². The van der Waals surface area contributed by atoms with Crippen molar-refractivity contribution in [2.75, 3.05) is 5.33 Å². The first-order chi connectivity index (χ1) is 14.2. The maximum absolute atomic E-state index is 11.6. The molecule has 0 N–H and O–H groups in total. The fourth-order valence-corrected chi connectivity index (χ4v) is 7.81. The van der Waals surface area contributed by atoms with Crippen LogP contribution >= 0.6 is 15.9 Å². The summed E-state index contributed by atoms with van der Waals surface area (Å²) in [5, 5.41) is 0.320. The Morgan fingerprint density at radius 2 is 1.67 bits per heavy atom. The number of fused-ring (bicyclic) bond motifs is 1. The second-order valence-electron chi connectivity index (χ2n) is 12.1. The van der Waals surface area contributed by atoms with Gasteiger partial charge >= 0.3 is 5.97 Å². The number of hydrogen-bond acceptors (Lipinski definition) is 2. The number of rotatable bonds is 8. The van der Waals surface area contributed by atoms with E-state index in [1.54, 1.807) is 0 Å². The lowest BCUT2D eigenvalue weighted by atomic mass is 9.54. The Hall–Kier alpha value is -0.0500. The van der Waals surface area contributed by atoms with E-state index in [0.29, 0.717) is 16.2 Å². The first kappa shape index (κ1) is 24.6. The molecule has 0 heterocycles. The topological polar surface area (TPSA) is 26.3 Å². The number of halogens is 1. The Morgan fingerprint density at radius 3 is 2.30 bits per heavy atom. The van der Waals surface area contributed by atoms with Gasteiger partial charge < -0.3 is 4.74 Å². The summed E-state index contributed by atoms with van der Waals surface area (Å²) in [5.74, 6) is 4.40. The maximum Gasteiger partial charge on any atom is 0.316 e. The molecular weight excluding hydrogens is 436 g/mol. The smallest absolute Gasteiger partial charge is 0.316 e. The zero-order chi connectivity index (χ0) is 21.9. The molecule has 0 bridgehead atoms. The molecule has 0 radical (unpaired) electrons. The maximum atomic E-state index is 11.6. The van der Waals surface area contributed by atoms with Gasteiger partial charge in [0, 0.05) is 0 Å². The lowest BCUT2D eigenvalue weighted by Crippen LogP contribution is -2.43. The van der Waals surface area contributed by atoms with Gasteiger partial charge in [-0.25, -0.2) is 0 Å². The third kappa shape index (κ3) is 5.46. The third-order valence-corrected chi connectivity index (χ3v) is 10.3. The van der Waals surface area contributed by atoms with E-state index in [1.807, 2.05) is 0 Å². The molecule has 3 fully saturated rings. The Balaban J connectivity index is 1.53. The van der Waals surface area contributed by atoms with Gasteiger partial charge in [0.05, 0.1) is 0 Å². The van der Waals surface area contributed by atoms with E-state index in [1.165, 1.54) is 64.2 Å². The molecule has 3 saturated carbocycles. The van der Waals surface area contributed by atoms with Crippen molar-refractivity contribution in [3.63, 3.8) is 0 Å². The molecule has 1 unspecified atom stereocenters. The summed E-state index contributed by atoms with van der Waals surface area (Å²) in [6, 6.07) is 0. The van der Waals surface area contributed by atoms with Gasteiger partial charge in [-0.05, 0) is 98.2 Å². The largest absolute Gasteiger partial charge is 0.462 e. The molecule has 2 nitrogen and oxygen atoms in total. The van der Waals surface area contributed by atoms with Gasteiger partial charge in [-0.3, -0.25) is 4.79 Å². The molecule has 3 aliphatic rings. The summed E-state index contributed by atoms with van der Waals surface area (Å²) in [7, 11) is 0. The molecule has 0 aromatic heterocycles. The van der Waals surface area contributed by atoms with E-state index < -0.39 is 0 Å². The van der Waals surface area contributed by atoms with Crippen LogP contribution in [-0.4, -0.2) is 17.4 Å². The summed E-state index contributed by atoms with van der Waals surface area (Å²) in [5.41, 5.74) is 1.05. The molecular formula is C27H47BrO2. The van der Waals surface area contributed by atoms with Crippen LogP contribution in [0.1, 0.15) is 112 Å². The molecule has 3 heteroatoms. The van der Waals surface area contributed by atoms with Crippen LogP contribution in [0.15, 0.2) is 0 Å².